The number of carbonyl (C=O) groups is 2. The summed E-state index contributed by atoms with van der Waals surface area (Å²) >= 11 is 1.37. The minimum absolute atomic E-state index is 0.100. The lowest BCUT2D eigenvalue weighted by Gasteiger charge is -2.48. The predicted octanol–water partition coefficient (Wildman–Crippen LogP) is 2.86. The van der Waals surface area contributed by atoms with Crippen LogP contribution < -0.4 is 10.2 Å². The van der Waals surface area contributed by atoms with E-state index in [0.29, 0.717) is 5.17 Å². The lowest BCUT2D eigenvalue weighted by atomic mass is 9.95. The summed E-state index contributed by atoms with van der Waals surface area (Å²) in [4.78, 5) is 27.2. The van der Waals surface area contributed by atoms with Crippen molar-refractivity contribution in [3.63, 3.8) is 0 Å². The molecule has 2 aliphatic heterocycles. The molecule has 0 fully saturated rings. The zero-order valence-corrected chi connectivity index (χ0v) is 15.2. The number of amides is 2. The normalized spacial score (nSPS) is 21.5. The third kappa shape index (κ3) is 2.55. The number of hydrogen-bond donors (Lipinski definition) is 1. The Morgan fingerprint density at radius 3 is 2.50 bits per heavy atom. The third-order valence-corrected chi connectivity index (χ3v) is 5.14. The summed E-state index contributed by atoms with van der Waals surface area (Å²) in [7, 11) is 0. The lowest BCUT2D eigenvalue weighted by molar-refractivity contribution is -0.129. The molecule has 4 rings (SSSR count). The van der Waals surface area contributed by atoms with Gasteiger partial charge in [0.25, 0.3) is 5.91 Å². The third-order valence-electron chi connectivity index (χ3n) is 4.57. The van der Waals surface area contributed by atoms with E-state index < -0.39 is 12.2 Å². The Labute approximate surface area is 155 Å². The van der Waals surface area contributed by atoms with E-state index in [1.165, 1.54) is 18.7 Å². The van der Waals surface area contributed by atoms with Crippen molar-refractivity contribution in [3.05, 3.63) is 65.7 Å². The topological polar surface area (TPSA) is 65.0 Å². The minimum atomic E-state index is -0.581. The lowest BCUT2D eigenvalue weighted by Crippen LogP contribution is -2.55. The molecule has 2 atom stereocenters. The molecule has 2 heterocycles. The molecule has 0 aliphatic carbocycles. The maximum Gasteiger partial charge on any atom is 0.255 e. The van der Waals surface area contributed by atoms with Gasteiger partial charge in [0.2, 0.25) is 5.91 Å². The molecule has 0 radical (unpaired) electrons. The van der Waals surface area contributed by atoms with E-state index in [4.69, 9.17) is 0 Å². The van der Waals surface area contributed by atoms with Crippen LogP contribution >= 0.6 is 11.8 Å². The van der Waals surface area contributed by atoms with Crippen LogP contribution in [0.5, 0.6) is 0 Å². The second-order valence-corrected chi connectivity index (χ2v) is 6.91. The fourth-order valence-corrected chi connectivity index (χ4v) is 3.89. The smallest absolute Gasteiger partial charge is 0.255 e. The molecule has 2 aliphatic rings. The van der Waals surface area contributed by atoms with Crippen LogP contribution in [0.4, 0.5) is 5.69 Å². The van der Waals surface area contributed by atoms with Crippen LogP contribution in [-0.4, -0.2) is 28.2 Å². The van der Waals surface area contributed by atoms with Crippen molar-refractivity contribution in [1.29, 1.82) is 0 Å². The number of fused-ring (bicyclic) bond motifs is 3. The zero-order valence-electron chi connectivity index (χ0n) is 14.4. The minimum Gasteiger partial charge on any atom is -0.302 e. The van der Waals surface area contributed by atoms with Crippen molar-refractivity contribution in [1.82, 2.24) is 10.3 Å². The largest absolute Gasteiger partial charge is 0.302 e. The number of thioether (sulfide) groups is 1. The molecule has 2 amide bonds. The van der Waals surface area contributed by atoms with Crippen molar-refractivity contribution in [3.8, 4) is 0 Å². The summed E-state index contributed by atoms with van der Waals surface area (Å²) in [6.45, 7) is 1.54. The molecule has 1 N–H and O–H groups in total. The van der Waals surface area contributed by atoms with Crippen LogP contribution in [0.2, 0.25) is 0 Å². The van der Waals surface area contributed by atoms with Crippen molar-refractivity contribution >= 4 is 34.4 Å². The Morgan fingerprint density at radius 1 is 1.12 bits per heavy atom. The van der Waals surface area contributed by atoms with Gasteiger partial charge in [0.1, 0.15) is 0 Å². The highest BCUT2D eigenvalue weighted by Gasteiger charge is 2.46. The van der Waals surface area contributed by atoms with Gasteiger partial charge in [-0.3, -0.25) is 19.5 Å². The van der Waals surface area contributed by atoms with Gasteiger partial charge in [0, 0.05) is 12.5 Å². The Balaban J connectivity index is 1.98. The number of anilines is 1. The van der Waals surface area contributed by atoms with Gasteiger partial charge in [-0.25, -0.2) is 0 Å². The van der Waals surface area contributed by atoms with Crippen molar-refractivity contribution in [2.24, 2.45) is 5.10 Å². The molecular formula is C19H18N4O2S. The average molecular weight is 366 g/mol. The van der Waals surface area contributed by atoms with Gasteiger partial charge in [-0.1, -0.05) is 60.3 Å². The van der Waals surface area contributed by atoms with Gasteiger partial charge in [-0.05, 0) is 17.9 Å². The summed E-state index contributed by atoms with van der Waals surface area (Å²) in [5, 5.41) is 9.76. The first kappa shape index (κ1) is 16.7. The Kier molecular flexibility index (Phi) is 4.16. The van der Waals surface area contributed by atoms with Crippen LogP contribution in [0.1, 0.15) is 30.3 Å². The number of para-hydroxylation sites is 1. The number of hydrogen-bond acceptors (Lipinski definition) is 5. The summed E-state index contributed by atoms with van der Waals surface area (Å²) < 4.78 is 0. The zero-order chi connectivity index (χ0) is 18.3. The van der Waals surface area contributed by atoms with E-state index in [1.807, 2.05) is 60.9 Å². The van der Waals surface area contributed by atoms with E-state index in [1.54, 1.807) is 9.91 Å². The molecule has 0 unspecified atom stereocenters. The van der Waals surface area contributed by atoms with Gasteiger partial charge in [0.05, 0.1) is 5.69 Å². The van der Waals surface area contributed by atoms with E-state index >= 15 is 0 Å². The Hall–Kier alpha value is -2.80. The van der Waals surface area contributed by atoms with E-state index in [0.717, 1.165) is 16.8 Å². The van der Waals surface area contributed by atoms with Crippen LogP contribution in [0.15, 0.2) is 59.7 Å². The summed E-state index contributed by atoms with van der Waals surface area (Å²) in [5.41, 5.74) is 2.42. The molecule has 26 heavy (non-hydrogen) atoms. The van der Waals surface area contributed by atoms with Crippen molar-refractivity contribution in [2.45, 2.75) is 19.1 Å². The fraction of sp³-hybridized carbons (Fsp3) is 0.211. The number of benzene rings is 2. The van der Waals surface area contributed by atoms with Crippen LogP contribution in [0, 0.1) is 0 Å². The first-order chi connectivity index (χ1) is 12.6. The van der Waals surface area contributed by atoms with Crippen LogP contribution in [0.25, 0.3) is 0 Å². The average Bonchev–Trinajstić information content (AvgIpc) is 2.66. The second kappa shape index (κ2) is 6.49. The molecule has 132 valence electrons. The highest BCUT2D eigenvalue weighted by Crippen LogP contribution is 2.46. The molecule has 2 aromatic rings. The fourth-order valence-electron chi connectivity index (χ4n) is 3.51. The van der Waals surface area contributed by atoms with Crippen LogP contribution in [-0.2, 0) is 9.59 Å². The van der Waals surface area contributed by atoms with E-state index in [2.05, 4.69) is 10.4 Å². The first-order valence-corrected chi connectivity index (χ1v) is 9.49. The summed E-state index contributed by atoms with van der Waals surface area (Å²) in [5.74, 6) is -0.238. The van der Waals surface area contributed by atoms with E-state index in [-0.39, 0.29) is 11.8 Å². The maximum absolute atomic E-state index is 12.9. The van der Waals surface area contributed by atoms with Gasteiger partial charge in [-0.15, -0.1) is 5.10 Å². The molecule has 0 aromatic heterocycles. The van der Waals surface area contributed by atoms with Gasteiger partial charge < -0.3 is 5.32 Å². The SMILES string of the molecule is CSC1=NN2[C@H](C(=O)N1)c1ccccc1N(C(C)=O)[C@@H]2c1ccccc1. The highest BCUT2D eigenvalue weighted by atomic mass is 32.2. The standard InChI is InChI=1S/C19H18N4O2S/c1-12(24)22-15-11-7-6-10-14(15)16-17(25)20-19(26-2)21-23(16)18(22)13-8-4-3-5-9-13/h3-11,16,18H,1-2H3,(H,20,21,25)/t16-,18-/m0/s1. The molecule has 6 nitrogen and oxygen atoms in total. The van der Waals surface area contributed by atoms with Gasteiger partial charge in [-0.2, -0.15) is 0 Å². The molecular weight excluding hydrogens is 348 g/mol. The quantitative estimate of drug-likeness (QED) is 0.843. The number of nitrogens with one attached hydrogen (secondary N) is 1. The van der Waals surface area contributed by atoms with Crippen molar-refractivity contribution in [2.75, 3.05) is 11.2 Å². The van der Waals surface area contributed by atoms with Crippen LogP contribution in [0.3, 0.4) is 0 Å². The van der Waals surface area contributed by atoms with Crippen molar-refractivity contribution < 1.29 is 9.59 Å². The Bertz CT molecular complexity index is 899. The molecule has 0 saturated carbocycles. The number of carbonyl (C=O) groups excluding carboxylic acids is 2. The monoisotopic (exact) mass is 366 g/mol. The number of hydrazone groups is 1. The second-order valence-electron chi connectivity index (χ2n) is 6.11. The molecule has 2 aromatic carbocycles. The molecule has 0 bridgehead atoms. The Morgan fingerprint density at radius 2 is 1.81 bits per heavy atom. The number of amidine groups is 1. The summed E-state index contributed by atoms with van der Waals surface area (Å²) in [6.07, 6.45) is 1.37. The maximum atomic E-state index is 12.9. The molecule has 0 saturated heterocycles. The molecule has 7 heteroatoms. The highest BCUT2D eigenvalue weighted by molar-refractivity contribution is 8.13. The van der Waals surface area contributed by atoms with E-state index in [9.17, 15) is 9.59 Å². The predicted molar refractivity (Wildman–Crippen MR) is 102 cm³/mol. The van der Waals surface area contributed by atoms with Gasteiger partial charge in [0.15, 0.2) is 17.4 Å². The number of rotatable bonds is 1. The number of nitrogens with zero attached hydrogens (tertiary/aromatic N) is 3. The van der Waals surface area contributed by atoms with Gasteiger partial charge >= 0.3 is 0 Å². The first-order valence-electron chi connectivity index (χ1n) is 8.27. The molecule has 0 spiro atoms. The summed E-state index contributed by atoms with van der Waals surface area (Å²) in [6, 6.07) is 16.6.